The van der Waals surface area contributed by atoms with Crippen molar-refractivity contribution in [3.8, 4) is 34.6 Å². The molecule has 0 spiro atoms. The largest absolute Gasteiger partial charge is 0.493 e. The highest BCUT2D eigenvalue weighted by atomic mass is 16.5. The van der Waals surface area contributed by atoms with Gasteiger partial charge in [0.05, 0.1) is 24.4 Å². The first-order valence-corrected chi connectivity index (χ1v) is 8.56. The van der Waals surface area contributed by atoms with Gasteiger partial charge in [-0.15, -0.1) is 0 Å². The van der Waals surface area contributed by atoms with Crippen LogP contribution in [0.5, 0.6) is 17.2 Å². The van der Waals surface area contributed by atoms with Gasteiger partial charge in [-0.1, -0.05) is 12.1 Å². The van der Waals surface area contributed by atoms with Gasteiger partial charge >= 0.3 is 0 Å². The lowest BCUT2D eigenvalue weighted by molar-refractivity contribution is 0.139. The first-order chi connectivity index (χ1) is 13.1. The number of nitrogens with zero attached hydrogens (tertiary/aromatic N) is 3. The van der Waals surface area contributed by atoms with Crippen LogP contribution in [0.15, 0.2) is 54.7 Å². The molecule has 1 aromatic heterocycles. The monoisotopic (exact) mass is 363 g/mol. The molecule has 2 aromatic carbocycles. The fourth-order valence-corrected chi connectivity index (χ4v) is 2.70. The summed E-state index contributed by atoms with van der Waals surface area (Å²) in [5.41, 5.74) is 2.58. The Morgan fingerprint density at radius 2 is 2.00 bits per heavy atom. The average molecular weight is 363 g/mol. The van der Waals surface area contributed by atoms with Gasteiger partial charge in [0, 0.05) is 24.9 Å². The predicted octanol–water partition coefficient (Wildman–Crippen LogP) is 3.81. The first kappa shape index (κ1) is 18.3. The summed E-state index contributed by atoms with van der Waals surface area (Å²) in [6, 6.07) is 17.0. The van der Waals surface area contributed by atoms with Crippen LogP contribution in [-0.4, -0.2) is 29.6 Å². The normalized spacial score (nSPS) is 11.5. The number of hydrogen-bond donors (Lipinski definition) is 0. The van der Waals surface area contributed by atoms with Crippen LogP contribution >= 0.6 is 0 Å². The van der Waals surface area contributed by atoms with Crippen molar-refractivity contribution in [2.45, 2.75) is 13.0 Å². The highest BCUT2D eigenvalue weighted by molar-refractivity contribution is 5.61. The second-order valence-corrected chi connectivity index (χ2v) is 6.08. The number of hydrogen-bond acceptors (Lipinski definition) is 5. The zero-order valence-corrected chi connectivity index (χ0v) is 15.5. The van der Waals surface area contributed by atoms with Crippen molar-refractivity contribution in [3.05, 3.63) is 60.3 Å². The van der Waals surface area contributed by atoms with Crippen molar-refractivity contribution >= 4 is 0 Å². The molecule has 0 saturated heterocycles. The zero-order chi connectivity index (χ0) is 19.2. The summed E-state index contributed by atoms with van der Waals surface area (Å²) in [6.07, 6.45) is 1.57. The van der Waals surface area contributed by atoms with E-state index >= 15 is 0 Å². The van der Waals surface area contributed by atoms with Gasteiger partial charge in [-0.2, -0.15) is 10.4 Å². The van der Waals surface area contributed by atoms with E-state index in [9.17, 15) is 0 Å². The van der Waals surface area contributed by atoms with Crippen LogP contribution in [0.1, 0.15) is 12.5 Å². The summed E-state index contributed by atoms with van der Waals surface area (Å²) in [5.74, 6) is 1.87. The van der Waals surface area contributed by atoms with Crippen LogP contribution in [0.4, 0.5) is 0 Å². The summed E-state index contributed by atoms with van der Waals surface area (Å²) in [6.45, 7) is 2.29. The van der Waals surface area contributed by atoms with Gasteiger partial charge in [0.15, 0.2) is 11.5 Å². The van der Waals surface area contributed by atoms with E-state index in [1.165, 1.54) is 0 Å². The standard InChI is InChI=1S/C21H21N3O3/c1-15(27-20-8-7-16(13-22)11-21(20)25-3)14-26-18-6-4-5-17(12-18)19-9-10-23-24(19)2/h4-12,15H,14H2,1-3H3/t15-/m0/s1. The van der Waals surface area contributed by atoms with Gasteiger partial charge in [-0.25, -0.2) is 0 Å². The lowest BCUT2D eigenvalue weighted by atomic mass is 10.1. The van der Waals surface area contributed by atoms with Crippen molar-refractivity contribution < 1.29 is 14.2 Å². The van der Waals surface area contributed by atoms with Crippen LogP contribution in [0.2, 0.25) is 0 Å². The van der Waals surface area contributed by atoms with E-state index in [4.69, 9.17) is 19.5 Å². The average Bonchev–Trinajstić information content (AvgIpc) is 3.13. The van der Waals surface area contributed by atoms with Crippen molar-refractivity contribution in [3.63, 3.8) is 0 Å². The zero-order valence-electron chi connectivity index (χ0n) is 15.5. The number of aromatic nitrogens is 2. The maximum atomic E-state index is 8.98. The van der Waals surface area contributed by atoms with Crippen molar-refractivity contribution in [1.29, 1.82) is 5.26 Å². The Labute approximate surface area is 158 Å². The Morgan fingerprint density at radius 3 is 2.70 bits per heavy atom. The first-order valence-electron chi connectivity index (χ1n) is 8.56. The molecule has 1 atom stereocenters. The van der Waals surface area contributed by atoms with Crippen LogP contribution in [0.3, 0.4) is 0 Å². The lowest BCUT2D eigenvalue weighted by Gasteiger charge is -2.18. The molecule has 0 bridgehead atoms. The van der Waals surface area contributed by atoms with Crippen LogP contribution < -0.4 is 14.2 Å². The van der Waals surface area contributed by atoms with Crippen LogP contribution in [-0.2, 0) is 7.05 Å². The van der Waals surface area contributed by atoms with E-state index in [1.807, 2.05) is 49.0 Å². The van der Waals surface area contributed by atoms with Gasteiger partial charge in [0.25, 0.3) is 0 Å². The SMILES string of the molecule is COc1cc(C#N)ccc1O[C@@H](C)COc1cccc(-c2ccnn2C)c1. The molecule has 0 unspecified atom stereocenters. The van der Waals surface area contributed by atoms with Crippen molar-refractivity contribution in [2.75, 3.05) is 13.7 Å². The molecule has 0 amide bonds. The van der Waals surface area contributed by atoms with E-state index in [0.717, 1.165) is 17.0 Å². The molecule has 0 N–H and O–H groups in total. The molecule has 6 heteroatoms. The van der Waals surface area contributed by atoms with E-state index in [-0.39, 0.29) is 6.10 Å². The van der Waals surface area contributed by atoms with Gasteiger partial charge in [-0.3, -0.25) is 4.68 Å². The van der Waals surface area contributed by atoms with E-state index in [1.54, 1.807) is 31.5 Å². The number of benzene rings is 2. The summed E-state index contributed by atoms with van der Waals surface area (Å²) < 4.78 is 18.9. The minimum Gasteiger partial charge on any atom is -0.493 e. The Kier molecular flexibility index (Phi) is 5.62. The molecule has 6 nitrogen and oxygen atoms in total. The summed E-state index contributed by atoms with van der Waals surface area (Å²) >= 11 is 0. The lowest BCUT2D eigenvalue weighted by Crippen LogP contribution is -2.21. The topological polar surface area (TPSA) is 69.3 Å². The number of aryl methyl sites for hydroxylation is 1. The number of methoxy groups -OCH3 is 1. The Hall–Kier alpha value is -3.46. The van der Waals surface area contributed by atoms with Gasteiger partial charge in [0.1, 0.15) is 18.5 Å². The molecule has 1 heterocycles. The van der Waals surface area contributed by atoms with E-state index < -0.39 is 0 Å². The second-order valence-electron chi connectivity index (χ2n) is 6.08. The Morgan fingerprint density at radius 1 is 1.15 bits per heavy atom. The van der Waals surface area contributed by atoms with Gasteiger partial charge in [0.2, 0.25) is 0 Å². The van der Waals surface area contributed by atoms with Gasteiger partial charge < -0.3 is 14.2 Å². The Bertz CT molecular complexity index is 959. The fraction of sp³-hybridized carbons (Fsp3) is 0.238. The minimum absolute atomic E-state index is 0.202. The molecule has 138 valence electrons. The predicted molar refractivity (Wildman–Crippen MR) is 102 cm³/mol. The number of ether oxygens (including phenoxy) is 3. The minimum atomic E-state index is -0.202. The maximum Gasteiger partial charge on any atom is 0.162 e. The fourth-order valence-electron chi connectivity index (χ4n) is 2.70. The molecular formula is C21H21N3O3. The highest BCUT2D eigenvalue weighted by Crippen LogP contribution is 2.29. The quantitative estimate of drug-likeness (QED) is 0.638. The van der Waals surface area contributed by atoms with Crippen molar-refractivity contribution in [1.82, 2.24) is 9.78 Å². The molecule has 27 heavy (non-hydrogen) atoms. The van der Waals surface area contributed by atoms with Crippen LogP contribution in [0, 0.1) is 11.3 Å². The van der Waals surface area contributed by atoms with Crippen molar-refractivity contribution in [2.24, 2.45) is 7.05 Å². The second kappa shape index (κ2) is 8.28. The molecule has 0 radical (unpaired) electrons. The van der Waals surface area contributed by atoms with Gasteiger partial charge in [-0.05, 0) is 37.3 Å². The summed E-state index contributed by atoms with van der Waals surface area (Å²) in [5, 5.41) is 13.2. The number of nitriles is 1. The highest BCUT2D eigenvalue weighted by Gasteiger charge is 2.11. The third kappa shape index (κ3) is 4.39. The molecule has 0 fully saturated rings. The third-order valence-corrected chi connectivity index (χ3v) is 4.06. The number of rotatable bonds is 7. The molecular weight excluding hydrogens is 342 g/mol. The third-order valence-electron chi connectivity index (χ3n) is 4.06. The summed E-state index contributed by atoms with van der Waals surface area (Å²) in [7, 11) is 3.46. The van der Waals surface area contributed by atoms with E-state index in [2.05, 4.69) is 11.2 Å². The van der Waals surface area contributed by atoms with Crippen LogP contribution in [0.25, 0.3) is 11.3 Å². The maximum absolute atomic E-state index is 8.98. The molecule has 0 aliphatic carbocycles. The summed E-state index contributed by atoms with van der Waals surface area (Å²) in [4.78, 5) is 0. The molecule has 0 aliphatic rings. The molecule has 0 saturated carbocycles. The Balaban J connectivity index is 1.64. The molecule has 3 rings (SSSR count). The smallest absolute Gasteiger partial charge is 0.162 e. The molecule has 3 aromatic rings. The van der Waals surface area contributed by atoms with E-state index in [0.29, 0.717) is 23.7 Å². The molecule has 0 aliphatic heterocycles.